The maximum atomic E-state index is 12.6. The summed E-state index contributed by atoms with van der Waals surface area (Å²) < 4.78 is 5.29. The highest BCUT2D eigenvalue weighted by Crippen LogP contribution is 2.35. The molecule has 4 heteroatoms. The quantitative estimate of drug-likeness (QED) is 0.859. The summed E-state index contributed by atoms with van der Waals surface area (Å²) in [5.74, 6) is -1.06. The molecule has 0 heterocycles. The van der Waals surface area contributed by atoms with E-state index in [-0.39, 0.29) is 11.7 Å². The van der Waals surface area contributed by atoms with Gasteiger partial charge in [-0.15, -0.1) is 0 Å². The molecule has 0 bridgehead atoms. The van der Waals surface area contributed by atoms with Crippen LogP contribution in [-0.2, 0) is 4.79 Å². The van der Waals surface area contributed by atoms with Crippen molar-refractivity contribution in [2.75, 3.05) is 7.11 Å². The van der Waals surface area contributed by atoms with Gasteiger partial charge in [-0.3, -0.25) is 9.59 Å². The van der Waals surface area contributed by atoms with E-state index in [4.69, 9.17) is 4.74 Å². The first-order valence-electron chi connectivity index (χ1n) is 6.88. The fourth-order valence-electron chi connectivity index (χ4n) is 3.20. The van der Waals surface area contributed by atoms with Gasteiger partial charge in [0.2, 0.25) is 0 Å². The summed E-state index contributed by atoms with van der Waals surface area (Å²) in [6.07, 6.45) is 2.07. The molecule has 1 N–H and O–H groups in total. The van der Waals surface area contributed by atoms with E-state index in [1.807, 2.05) is 13.8 Å². The Morgan fingerprint density at radius 1 is 1.15 bits per heavy atom. The average Bonchev–Trinajstić information content (AvgIpc) is 2.86. The highest BCUT2D eigenvalue weighted by Gasteiger charge is 2.38. The van der Waals surface area contributed by atoms with Gasteiger partial charge in [-0.1, -0.05) is 6.42 Å². The molecule has 0 radical (unpaired) electrons. The second kappa shape index (κ2) is 5.65. The first-order valence-corrected chi connectivity index (χ1v) is 6.88. The van der Waals surface area contributed by atoms with Crippen LogP contribution in [0.4, 0.5) is 0 Å². The zero-order valence-corrected chi connectivity index (χ0v) is 12.1. The number of carboxylic acid groups (broad SMARTS) is 1. The number of hydrogen-bond acceptors (Lipinski definition) is 3. The van der Waals surface area contributed by atoms with Crippen molar-refractivity contribution in [1.82, 2.24) is 0 Å². The lowest BCUT2D eigenvalue weighted by molar-refractivity contribution is -0.142. The molecule has 1 aliphatic rings. The van der Waals surface area contributed by atoms with E-state index in [0.717, 1.165) is 23.3 Å². The lowest BCUT2D eigenvalue weighted by Crippen LogP contribution is -2.25. The molecule has 0 amide bonds. The molecule has 4 nitrogen and oxygen atoms in total. The number of hydrogen-bond donors (Lipinski definition) is 1. The molecule has 108 valence electrons. The third kappa shape index (κ3) is 2.55. The summed E-state index contributed by atoms with van der Waals surface area (Å²) in [4.78, 5) is 23.8. The van der Waals surface area contributed by atoms with Crippen molar-refractivity contribution in [2.45, 2.75) is 33.1 Å². The van der Waals surface area contributed by atoms with Gasteiger partial charge in [0, 0.05) is 11.5 Å². The van der Waals surface area contributed by atoms with Gasteiger partial charge in [0.15, 0.2) is 5.78 Å². The molecule has 1 saturated carbocycles. The highest BCUT2D eigenvalue weighted by atomic mass is 16.5. The van der Waals surface area contributed by atoms with Gasteiger partial charge >= 0.3 is 5.97 Å². The van der Waals surface area contributed by atoms with E-state index in [1.54, 1.807) is 19.2 Å². The summed E-state index contributed by atoms with van der Waals surface area (Å²) in [5, 5.41) is 9.20. The maximum absolute atomic E-state index is 12.6. The molecule has 2 atom stereocenters. The number of Topliss-reactive ketones (excluding diaryl/α,β-unsaturated/α-hetero) is 1. The number of aryl methyl sites for hydroxylation is 2. The van der Waals surface area contributed by atoms with Crippen molar-refractivity contribution >= 4 is 11.8 Å². The molecular formula is C16H20O4. The van der Waals surface area contributed by atoms with Crippen LogP contribution < -0.4 is 4.74 Å². The van der Waals surface area contributed by atoms with Gasteiger partial charge in [-0.25, -0.2) is 0 Å². The Bertz CT molecular complexity index is 524. The summed E-state index contributed by atoms with van der Waals surface area (Å²) in [7, 11) is 1.61. The average molecular weight is 276 g/mol. The van der Waals surface area contributed by atoms with Crippen LogP contribution in [0.2, 0.25) is 0 Å². The number of ketones is 1. The van der Waals surface area contributed by atoms with Crippen LogP contribution in [0.3, 0.4) is 0 Å². The van der Waals surface area contributed by atoms with Crippen LogP contribution in [-0.4, -0.2) is 24.0 Å². The molecule has 20 heavy (non-hydrogen) atoms. The Hall–Kier alpha value is -1.84. The van der Waals surface area contributed by atoms with Gasteiger partial charge in [0.25, 0.3) is 0 Å². The lowest BCUT2D eigenvalue weighted by Gasteiger charge is -2.16. The van der Waals surface area contributed by atoms with Crippen molar-refractivity contribution < 1.29 is 19.4 Å². The second-order valence-electron chi connectivity index (χ2n) is 5.49. The molecule has 1 aromatic carbocycles. The monoisotopic (exact) mass is 276 g/mol. The first-order chi connectivity index (χ1) is 9.45. The number of carboxylic acids is 1. The van der Waals surface area contributed by atoms with Crippen LogP contribution in [0.15, 0.2) is 12.1 Å². The van der Waals surface area contributed by atoms with E-state index in [2.05, 4.69) is 0 Å². The zero-order chi connectivity index (χ0) is 14.9. The first kappa shape index (κ1) is 14.6. The minimum atomic E-state index is -0.859. The number of carbonyl (C=O) groups is 2. The molecule has 2 unspecified atom stereocenters. The highest BCUT2D eigenvalue weighted by molar-refractivity contribution is 6.00. The van der Waals surface area contributed by atoms with Crippen LogP contribution in [0.25, 0.3) is 0 Å². The summed E-state index contributed by atoms with van der Waals surface area (Å²) in [6, 6.07) is 3.59. The van der Waals surface area contributed by atoms with Crippen molar-refractivity contribution in [3.8, 4) is 5.75 Å². The number of benzene rings is 1. The number of rotatable bonds is 4. The number of ether oxygens (including phenoxy) is 1. The number of carbonyl (C=O) groups excluding carboxylic acids is 1. The Kier molecular flexibility index (Phi) is 4.12. The Labute approximate surface area is 118 Å². The minimum Gasteiger partial charge on any atom is -0.496 e. The standard InChI is InChI=1S/C16H20O4/c1-9-7-11(8-10(2)15(9)20-3)14(17)12-5-4-6-13(12)16(18)19/h7-8,12-13H,4-6H2,1-3H3,(H,18,19). The molecule has 1 aromatic rings. The Morgan fingerprint density at radius 2 is 1.70 bits per heavy atom. The van der Waals surface area contributed by atoms with Crippen molar-refractivity contribution in [2.24, 2.45) is 11.8 Å². The zero-order valence-electron chi connectivity index (χ0n) is 12.1. The molecule has 0 aliphatic heterocycles. The normalized spacial score (nSPS) is 21.8. The van der Waals surface area contributed by atoms with Crippen LogP contribution in [0.5, 0.6) is 5.75 Å². The SMILES string of the molecule is COc1c(C)cc(C(=O)C2CCCC2C(=O)O)cc1C. The summed E-state index contributed by atoms with van der Waals surface area (Å²) >= 11 is 0. The van der Waals surface area contributed by atoms with E-state index >= 15 is 0 Å². The number of methoxy groups -OCH3 is 1. The Morgan fingerprint density at radius 3 is 2.20 bits per heavy atom. The fourth-order valence-corrected chi connectivity index (χ4v) is 3.20. The van der Waals surface area contributed by atoms with Crippen LogP contribution in [0.1, 0.15) is 40.7 Å². The Balaban J connectivity index is 2.32. The van der Waals surface area contributed by atoms with E-state index in [0.29, 0.717) is 18.4 Å². The molecule has 0 saturated heterocycles. The molecule has 2 rings (SSSR count). The van der Waals surface area contributed by atoms with Crippen LogP contribution >= 0.6 is 0 Å². The third-order valence-electron chi connectivity index (χ3n) is 4.12. The smallest absolute Gasteiger partial charge is 0.307 e. The van der Waals surface area contributed by atoms with Gasteiger partial charge in [-0.2, -0.15) is 0 Å². The van der Waals surface area contributed by atoms with Crippen molar-refractivity contribution in [1.29, 1.82) is 0 Å². The van der Waals surface area contributed by atoms with Crippen molar-refractivity contribution in [3.05, 3.63) is 28.8 Å². The van der Waals surface area contributed by atoms with E-state index in [9.17, 15) is 14.7 Å². The molecular weight excluding hydrogens is 256 g/mol. The van der Waals surface area contributed by atoms with E-state index in [1.165, 1.54) is 0 Å². The lowest BCUT2D eigenvalue weighted by atomic mass is 9.87. The van der Waals surface area contributed by atoms with Gasteiger partial charge < -0.3 is 9.84 Å². The van der Waals surface area contributed by atoms with Crippen molar-refractivity contribution in [3.63, 3.8) is 0 Å². The van der Waals surface area contributed by atoms with Gasteiger partial charge in [0.1, 0.15) is 5.75 Å². The predicted molar refractivity (Wildman–Crippen MR) is 75.3 cm³/mol. The molecule has 1 fully saturated rings. The fraction of sp³-hybridized carbons (Fsp3) is 0.500. The predicted octanol–water partition coefficient (Wildman–Crippen LogP) is 3.00. The van der Waals surface area contributed by atoms with Crippen LogP contribution in [0, 0.1) is 25.7 Å². The molecule has 0 aromatic heterocycles. The maximum Gasteiger partial charge on any atom is 0.307 e. The third-order valence-corrected chi connectivity index (χ3v) is 4.12. The van der Waals surface area contributed by atoms with Gasteiger partial charge in [-0.05, 0) is 49.9 Å². The van der Waals surface area contributed by atoms with Gasteiger partial charge in [0.05, 0.1) is 13.0 Å². The summed E-state index contributed by atoms with van der Waals surface area (Å²) in [5.41, 5.74) is 2.40. The van der Waals surface area contributed by atoms with E-state index < -0.39 is 11.9 Å². The largest absolute Gasteiger partial charge is 0.496 e. The summed E-state index contributed by atoms with van der Waals surface area (Å²) in [6.45, 7) is 3.79. The molecule has 1 aliphatic carbocycles. The minimum absolute atomic E-state index is 0.0521. The topological polar surface area (TPSA) is 63.6 Å². The molecule has 0 spiro atoms. The second-order valence-corrected chi connectivity index (χ2v) is 5.49. The number of aliphatic carboxylic acids is 1.